The van der Waals surface area contributed by atoms with Crippen molar-refractivity contribution in [1.29, 1.82) is 0 Å². The van der Waals surface area contributed by atoms with Crippen LogP contribution in [0.3, 0.4) is 0 Å². The molecule has 0 aromatic carbocycles. The average molecular weight is 388 g/mol. The molecule has 128 valence electrons. The molecule has 2 aromatic heterocycles. The summed E-state index contributed by atoms with van der Waals surface area (Å²) in [5, 5.41) is 7.82. The molecular formula is C11H13Cl2F2N5O2S. The third kappa shape index (κ3) is 3.35. The van der Waals surface area contributed by atoms with Gasteiger partial charge in [0.25, 0.3) is 0 Å². The second kappa shape index (κ2) is 6.34. The van der Waals surface area contributed by atoms with Gasteiger partial charge in [-0.2, -0.15) is 23.3 Å². The smallest absolute Gasteiger partial charge is 0.255 e. The van der Waals surface area contributed by atoms with Gasteiger partial charge in [0.2, 0.25) is 10.0 Å². The highest BCUT2D eigenvalue weighted by molar-refractivity contribution is 7.89. The minimum atomic E-state index is -4.04. The summed E-state index contributed by atoms with van der Waals surface area (Å²) in [6.45, 7) is -1.75. The number of alkyl halides is 2. The van der Waals surface area contributed by atoms with E-state index in [1.54, 1.807) is 7.05 Å². The highest BCUT2D eigenvalue weighted by Crippen LogP contribution is 2.27. The maximum absolute atomic E-state index is 12.6. The van der Waals surface area contributed by atoms with Crippen LogP contribution < -0.4 is 0 Å². The van der Waals surface area contributed by atoms with E-state index in [2.05, 4.69) is 10.2 Å². The molecule has 0 fully saturated rings. The molecule has 0 amide bonds. The normalized spacial score (nSPS) is 12.6. The molecule has 2 aromatic rings. The van der Waals surface area contributed by atoms with Gasteiger partial charge >= 0.3 is 6.55 Å². The van der Waals surface area contributed by atoms with Crippen molar-refractivity contribution in [3.05, 3.63) is 27.8 Å². The lowest BCUT2D eigenvalue weighted by atomic mass is 10.4. The zero-order chi connectivity index (χ0) is 17.5. The average Bonchev–Trinajstić information content (AvgIpc) is 2.96. The van der Waals surface area contributed by atoms with Gasteiger partial charge in [-0.05, 0) is 6.92 Å². The molecule has 0 bridgehead atoms. The van der Waals surface area contributed by atoms with Crippen LogP contribution in [0.15, 0.2) is 11.1 Å². The largest absolute Gasteiger partial charge is 0.333 e. The summed E-state index contributed by atoms with van der Waals surface area (Å²) in [6, 6.07) is 0. The topological polar surface area (TPSA) is 73.0 Å². The van der Waals surface area contributed by atoms with E-state index in [1.807, 2.05) is 0 Å². The number of rotatable bonds is 5. The maximum atomic E-state index is 12.6. The molecule has 7 nitrogen and oxygen atoms in total. The van der Waals surface area contributed by atoms with E-state index < -0.39 is 16.6 Å². The van der Waals surface area contributed by atoms with Crippen molar-refractivity contribution in [2.24, 2.45) is 7.05 Å². The molecule has 0 N–H and O–H groups in total. The summed E-state index contributed by atoms with van der Waals surface area (Å²) in [5.74, 6) is 0. The van der Waals surface area contributed by atoms with Crippen LogP contribution in [0.1, 0.15) is 17.9 Å². The number of aromatic nitrogens is 4. The van der Waals surface area contributed by atoms with Crippen molar-refractivity contribution in [3.63, 3.8) is 0 Å². The molecule has 0 atom stereocenters. The standard InChI is InChI=1S/C11H13Cl2F2N5O2S/c1-6-8(5-20(16-6)11(14)15)23(21,22)18(2)4-7-9(12)10(13)19(3)17-7/h5,11H,4H2,1-3H3. The van der Waals surface area contributed by atoms with Crippen LogP contribution in [-0.2, 0) is 23.6 Å². The second-order valence-corrected chi connectivity index (χ2v) is 7.52. The molecule has 2 heterocycles. The molecule has 0 aliphatic carbocycles. The molecule has 0 aliphatic heterocycles. The van der Waals surface area contributed by atoms with E-state index >= 15 is 0 Å². The van der Waals surface area contributed by atoms with Crippen LogP contribution in [0.4, 0.5) is 8.78 Å². The Labute approximate surface area is 141 Å². The van der Waals surface area contributed by atoms with E-state index in [0.29, 0.717) is 4.68 Å². The predicted octanol–water partition coefficient (Wildman–Crippen LogP) is 2.45. The van der Waals surface area contributed by atoms with E-state index in [1.165, 1.54) is 18.7 Å². The summed E-state index contributed by atoms with van der Waals surface area (Å²) in [4.78, 5) is -0.307. The third-order valence-corrected chi connectivity index (χ3v) is 5.96. The molecule has 0 unspecified atom stereocenters. The Balaban J connectivity index is 2.33. The van der Waals surface area contributed by atoms with Crippen LogP contribution in [0, 0.1) is 6.92 Å². The van der Waals surface area contributed by atoms with Crippen molar-refractivity contribution < 1.29 is 17.2 Å². The van der Waals surface area contributed by atoms with Gasteiger partial charge in [-0.3, -0.25) is 4.68 Å². The number of nitrogens with zero attached hydrogens (tertiary/aromatic N) is 5. The summed E-state index contributed by atoms with van der Waals surface area (Å²) < 4.78 is 52.9. The number of halogens is 4. The molecule has 0 radical (unpaired) electrons. The lowest BCUT2D eigenvalue weighted by molar-refractivity contribution is 0.0561. The Morgan fingerprint density at radius 3 is 2.39 bits per heavy atom. The predicted molar refractivity (Wildman–Crippen MR) is 80.1 cm³/mol. The number of sulfonamides is 1. The zero-order valence-corrected chi connectivity index (χ0v) is 14.7. The highest BCUT2D eigenvalue weighted by atomic mass is 35.5. The molecule has 12 heteroatoms. The van der Waals surface area contributed by atoms with Crippen LogP contribution in [-0.4, -0.2) is 39.3 Å². The molecule has 23 heavy (non-hydrogen) atoms. The summed E-state index contributed by atoms with van der Waals surface area (Å²) in [5.41, 5.74) is 0.228. The van der Waals surface area contributed by atoms with Gasteiger partial charge < -0.3 is 0 Å². The summed E-state index contributed by atoms with van der Waals surface area (Å²) >= 11 is 11.9. The fourth-order valence-corrected chi connectivity index (χ4v) is 3.56. The third-order valence-electron chi connectivity index (χ3n) is 3.12. The highest BCUT2D eigenvalue weighted by Gasteiger charge is 2.28. The zero-order valence-electron chi connectivity index (χ0n) is 12.3. The Morgan fingerprint density at radius 2 is 1.96 bits per heavy atom. The Kier molecular flexibility index (Phi) is 5.00. The summed E-state index contributed by atoms with van der Waals surface area (Å²) in [7, 11) is -1.19. The van der Waals surface area contributed by atoms with E-state index in [0.717, 1.165) is 10.5 Å². The monoisotopic (exact) mass is 387 g/mol. The second-order valence-electron chi connectivity index (χ2n) is 4.77. The van der Waals surface area contributed by atoms with Crippen molar-refractivity contribution in [3.8, 4) is 0 Å². The lowest BCUT2D eigenvalue weighted by Gasteiger charge is -2.15. The van der Waals surface area contributed by atoms with Gasteiger partial charge in [0.05, 0.1) is 24.1 Å². The first-order valence-electron chi connectivity index (χ1n) is 6.22. The molecule has 0 saturated heterocycles. The Morgan fingerprint density at radius 1 is 1.35 bits per heavy atom. The van der Waals surface area contributed by atoms with Gasteiger partial charge in [-0.25, -0.2) is 13.1 Å². The molecule has 0 aliphatic rings. The van der Waals surface area contributed by atoms with Crippen LogP contribution in [0.5, 0.6) is 0 Å². The van der Waals surface area contributed by atoms with E-state index in [4.69, 9.17) is 23.2 Å². The summed E-state index contributed by atoms with van der Waals surface area (Å²) in [6.07, 6.45) is 0.791. The number of aryl methyl sites for hydroxylation is 2. The molecule has 0 saturated carbocycles. The first-order valence-corrected chi connectivity index (χ1v) is 8.42. The van der Waals surface area contributed by atoms with Crippen molar-refractivity contribution in [1.82, 2.24) is 23.9 Å². The van der Waals surface area contributed by atoms with Crippen molar-refractivity contribution in [2.75, 3.05) is 7.05 Å². The quantitative estimate of drug-likeness (QED) is 0.789. The van der Waals surface area contributed by atoms with Crippen LogP contribution in [0.2, 0.25) is 10.2 Å². The fraction of sp³-hybridized carbons (Fsp3) is 0.455. The minimum absolute atomic E-state index is 0.0256. The van der Waals surface area contributed by atoms with Crippen LogP contribution in [0.25, 0.3) is 0 Å². The van der Waals surface area contributed by atoms with Crippen LogP contribution >= 0.6 is 23.2 Å². The van der Waals surface area contributed by atoms with E-state index in [9.17, 15) is 17.2 Å². The minimum Gasteiger partial charge on any atom is -0.255 e. The maximum Gasteiger partial charge on any atom is 0.333 e. The lowest BCUT2D eigenvalue weighted by Crippen LogP contribution is -2.27. The molecular weight excluding hydrogens is 375 g/mol. The van der Waals surface area contributed by atoms with Gasteiger partial charge in [0.1, 0.15) is 15.1 Å². The number of hydrogen-bond acceptors (Lipinski definition) is 4. The first kappa shape index (κ1) is 18.1. The van der Waals surface area contributed by atoms with Crippen molar-refractivity contribution in [2.45, 2.75) is 24.9 Å². The number of hydrogen-bond donors (Lipinski definition) is 0. The van der Waals surface area contributed by atoms with Gasteiger partial charge in [-0.15, -0.1) is 0 Å². The van der Waals surface area contributed by atoms with E-state index in [-0.39, 0.29) is 33.0 Å². The first-order chi connectivity index (χ1) is 10.6. The van der Waals surface area contributed by atoms with Gasteiger partial charge in [0.15, 0.2) is 0 Å². The Hall–Kier alpha value is -1.23. The van der Waals surface area contributed by atoms with Crippen molar-refractivity contribution >= 4 is 33.2 Å². The molecule has 2 rings (SSSR count). The Bertz CT molecular complexity index is 834. The van der Waals surface area contributed by atoms with Gasteiger partial charge in [0, 0.05) is 14.1 Å². The SMILES string of the molecule is Cc1nn(C(F)F)cc1S(=O)(=O)N(C)Cc1nn(C)c(Cl)c1Cl. The van der Waals surface area contributed by atoms with Gasteiger partial charge in [-0.1, -0.05) is 23.2 Å². The molecule has 0 spiro atoms. The fourth-order valence-electron chi connectivity index (χ4n) is 1.91.